The van der Waals surface area contributed by atoms with Gasteiger partial charge in [0, 0.05) is 12.6 Å². The number of hydrogen-bond donors (Lipinski definition) is 2. The third-order valence-electron chi connectivity index (χ3n) is 2.38. The van der Waals surface area contributed by atoms with Gasteiger partial charge >= 0.3 is 0 Å². The van der Waals surface area contributed by atoms with Gasteiger partial charge in [0.2, 0.25) is 0 Å². The molecule has 0 fully saturated rings. The number of phenols is 1. The first-order valence-corrected chi connectivity index (χ1v) is 5.70. The number of para-hydroxylation sites is 1. The Labute approximate surface area is 106 Å². The van der Waals surface area contributed by atoms with Crippen molar-refractivity contribution in [1.82, 2.24) is 0 Å². The Hall–Kier alpha value is -2.42. The maximum absolute atomic E-state index is 9.68. The maximum atomic E-state index is 9.68. The van der Waals surface area contributed by atoms with E-state index >= 15 is 0 Å². The zero-order valence-electron chi connectivity index (χ0n) is 9.97. The Morgan fingerprint density at radius 2 is 1.89 bits per heavy atom. The molecule has 92 valence electrons. The minimum Gasteiger partial charge on any atom is -0.506 e. The van der Waals surface area contributed by atoms with Crippen molar-refractivity contribution in [3.05, 3.63) is 61.2 Å². The van der Waals surface area contributed by atoms with E-state index < -0.39 is 0 Å². The number of anilines is 1. The monoisotopic (exact) mass is 241 g/mol. The molecule has 0 radical (unpaired) electrons. The molecule has 2 aromatic rings. The van der Waals surface area contributed by atoms with Gasteiger partial charge in [-0.15, -0.1) is 6.58 Å². The van der Waals surface area contributed by atoms with Gasteiger partial charge in [-0.25, -0.2) is 0 Å². The van der Waals surface area contributed by atoms with Crippen LogP contribution in [-0.2, 0) is 0 Å². The van der Waals surface area contributed by atoms with Crippen LogP contribution >= 0.6 is 0 Å². The van der Waals surface area contributed by atoms with Crippen LogP contribution in [0.25, 0.3) is 0 Å². The average molecular weight is 241 g/mol. The highest BCUT2D eigenvalue weighted by molar-refractivity contribution is 5.59. The molecule has 2 N–H and O–H groups in total. The molecule has 0 heterocycles. The Morgan fingerprint density at radius 3 is 2.61 bits per heavy atom. The number of ether oxygens (including phenoxy) is 1. The smallest absolute Gasteiger partial charge is 0.138 e. The number of rotatable bonds is 5. The fourth-order valence-electron chi connectivity index (χ4n) is 1.53. The van der Waals surface area contributed by atoms with Gasteiger partial charge in [0.1, 0.15) is 17.2 Å². The van der Waals surface area contributed by atoms with Gasteiger partial charge in [-0.05, 0) is 24.3 Å². The van der Waals surface area contributed by atoms with Gasteiger partial charge in [-0.2, -0.15) is 0 Å². The summed E-state index contributed by atoms with van der Waals surface area (Å²) in [5.74, 6) is 1.63. The van der Waals surface area contributed by atoms with Crippen molar-refractivity contribution in [3.63, 3.8) is 0 Å². The summed E-state index contributed by atoms with van der Waals surface area (Å²) in [5.41, 5.74) is 0.628. The van der Waals surface area contributed by atoms with Crippen LogP contribution in [0.4, 0.5) is 5.69 Å². The first kappa shape index (κ1) is 12.0. The van der Waals surface area contributed by atoms with E-state index in [4.69, 9.17) is 4.74 Å². The van der Waals surface area contributed by atoms with Crippen LogP contribution in [0.1, 0.15) is 0 Å². The maximum Gasteiger partial charge on any atom is 0.138 e. The zero-order chi connectivity index (χ0) is 12.8. The molecule has 3 nitrogen and oxygen atoms in total. The van der Waals surface area contributed by atoms with Crippen molar-refractivity contribution in [2.75, 3.05) is 11.9 Å². The van der Waals surface area contributed by atoms with Gasteiger partial charge in [0.25, 0.3) is 0 Å². The molecule has 0 saturated heterocycles. The second-order valence-corrected chi connectivity index (χ2v) is 3.76. The number of nitrogens with one attached hydrogen (secondary N) is 1. The van der Waals surface area contributed by atoms with Crippen LogP contribution in [0.5, 0.6) is 17.2 Å². The normalized spacial score (nSPS) is 9.78. The molecule has 2 aromatic carbocycles. The van der Waals surface area contributed by atoms with Crippen molar-refractivity contribution >= 4 is 5.69 Å². The SMILES string of the molecule is C=CCNc1cc(Oc2ccccc2)ccc1O. The standard InChI is InChI=1S/C15H15NO2/c1-2-10-16-14-11-13(8-9-15(14)17)18-12-6-4-3-5-7-12/h2-9,11,16-17H,1,10H2. The lowest BCUT2D eigenvalue weighted by Gasteiger charge is -2.10. The summed E-state index contributed by atoms with van der Waals surface area (Å²) >= 11 is 0. The van der Waals surface area contributed by atoms with Crippen molar-refractivity contribution in [2.24, 2.45) is 0 Å². The molecule has 0 aliphatic rings. The van der Waals surface area contributed by atoms with Crippen molar-refractivity contribution in [2.45, 2.75) is 0 Å². The Bertz CT molecular complexity index is 523. The number of hydrogen-bond acceptors (Lipinski definition) is 3. The molecule has 0 spiro atoms. The molecular weight excluding hydrogens is 226 g/mol. The molecule has 0 aliphatic heterocycles. The number of phenolic OH excluding ortho intramolecular Hbond substituents is 1. The van der Waals surface area contributed by atoms with E-state index in [0.29, 0.717) is 18.0 Å². The van der Waals surface area contributed by atoms with E-state index in [2.05, 4.69) is 11.9 Å². The molecule has 18 heavy (non-hydrogen) atoms. The highest BCUT2D eigenvalue weighted by Crippen LogP contribution is 2.30. The van der Waals surface area contributed by atoms with Crippen LogP contribution in [-0.4, -0.2) is 11.7 Å². The molecule has 0 bridgehead atoms. The lowest BCUT2D eigenvalue weighted by molar-refractivity contribution is 0.466. The summed E-state index contributed by atoms with van der Waals surface area (Å²) in [6.45, 7) is 4.21. The average Bonchev–Trinajstić information content (AvgIpc) is 2.40. The van der Waals surface area contributed by atoms with Crippen LogP contribution in [0, 0.1) is 0 Å². The van der Waals surface area contributed by atoms with Crippen molar-refractivity contribution in [3.8, 4) is 17.2 Å². The Kier molecular flexibility index (Phi) is 3.86. The van der Waals surface area contributed by atoms with E-state index in [1.54, 1.807) is 24.3 Å². The fourth-order valence-corrected chi connectivity index (χ4v) is 1.53. The number of benzene rings is 2. The van der Waals surface area contributed by atoms with E-state index in [1.807, 2.05) is 30.3 Å². The summed E-state index contributed by atoms with van der Waals surface area (Å²) in [5, 5.41) is 12.7. The first-order chi connectivity index (χ1) is 8.79. The zero-order valence-corrected chi connectivity index (χ0v) is 9.97. The summed E-state index contributed by atoms with van der Waals surface area (Å²) in [6.07, 6.45) is 1.73. The lowest BCUT2D eigenvalue weighted by Crippen LogP contribution is -1.98. The molecule has 0 saturated carbocycles. The van der Waals surface area contributed by atoms with Gasteiger partial charge in [-0.1, -0.05) is 24.3 Å². The summed E-state index contributed by atoms with van der Waals surface area (Å²) in [6, 6.07) is 14.6. The van der Waals surface area contributed by atoms with Crippen molar-refractivity contribution in [1.29, 1.82) is 0 Å². The van der Waals surface area contributed by atoms with Crippen LogP contribution < -0.4 is 10.1 Å². The molecular formula is C15H15NO2. The predicted molar refractivity (Wildman–Crippen MR) is 73.3 cm³/mol. The summed E-state index contributed by atoms with van der Waals surface area (Å²) < 4.78 is 5.68. The third kappa shape index (κ3) is 3.04. The van der Waals surface area contributed by atoms with Gasteiger partial charge in [-0.3, -0.25) is 0 Å². The first-order valence-electron chi connectivity index (χ1n) is 5.70. The lowest BCUT2D eigenvalue weighted by atomic mass is 10.2. The second kappa shape index (κ2) is 5.77. The largest absolute Gasteiger partial charge is 0.506 e. The summed E-state index contributed by atoms with van der Waals surface area (Å²) in [4.78, 5) is 0. The van der Waals surface area contributed by atoms with Crippen molar-refractivity contribution < 1.29 is 9.84 Å². The molecule has 2 rings (SSSR count). The van der Waals surface area contributed by atoms with E-state index in [1.165, 1.54) is 0 Å². The van der Waals surface area contributed by atoms with Gasteiger partial charge in [0.05, 0.1) is 5.69 Å². The highest BCUT2D eigenvalue weighted by atomic mass is 16.5. The molecule has 0 atom stereocenters. The molecule has 3 heteroatoms. The van der Waals surface area contributed by atoms with E-state index in [-0.39, 0.29) is 5.75 Å². The predicted octanol–water partition coefficient (Wildman–Crippen LogP) is 3.78. The summed E-state index contributed by atoms with van der Waals surface area (Å²) in [7, 11) is 0. The minimum atomic E-state index is 0.192. The molecule has 0 aromatic heterocycles. The van der Waals surface area contributed by atoms with E-state index in [9.17, 15) is 5.11 Å². The topological polar surface area (TPSA) is 41.5 Å². The molecule has 0 unspecified atom stereocenters. The Balaban J connectivity index is 2.16. The highest BCUT2D eigenvalue weighted by Gasteiger charge is 2.03. The second-order valence-electron chi connectivity index (χ2n) is 3.76. The fraction of sp³-hybridized carbons (Fsp3) is 0.0667. The van der Waals surface area contributed by atoms with Crippen LogP contribution in [0.15, 0.2) is 61.2 Å². The number of aromatic hydroxyl groups is 1. The van der Waals surface area contributed by atoms with E-state index in [0.717, 1.165) is 5.75 Å². The third-order valence-corrected chi connectivity index (χ3v) is 2.38. The molecule has 0 aliphatic carbocycles. The Morgan fingerprint density at radius 1 is 1.11 bits per heavy atom. The van der Waals surface area contributed by atoms with Gasteiger partial charge in [0.15, 0.2) is 0 Å². The minimum absolute atomic E-state index is 0.192. The quantitative estimate of drug-likeness (QED) is 0.618. The van der Waals surface area contributed by atoms with Crippen LogP contribution in [0.2, 0.25) is 0 Å². The molecule has 0 amide bonds. The van der Waals surface area contributed by atoms with Gasteiger partial charge < -0.3 is 15.2 Å². The van der Waals surface area contributed by atoms with Crippen LogP contribution in [0.3, 0.4) is 0 Å².